The lowest BCUT2D eigenvalue weighted by molar-refractivity contribution is 0.0935. The Morgan fingerprint density at radius 1 is 1.27 bits per heavy atom. The summed E-state index contributed by atoms with van der Waals surface area (Å²) in [7, 11) is 0. The number of nitrogen functional groups attached to an aromatic ring is 1. The van der Waals surface area contributed by atoms with Crippen molar-refractivity contribution < 1.29 is 13.5 Å². The van der Waals surface area contributed by atoms with Crippen LogP contribution in [0.2, 0.25) is 0 Å². The Hall–Kier alpha value is -1.32. The van der Waals surface area contributed by atoms with E-state index in [1.54, 1.807) is 13.8 Å². The molecule has 0 saturated carbocycles. The zero-order valence-electron chi connectivity index (χ0n) is 9.10. The van der Waals surface area contributed by atoms with E-state index in [-0.39, 0.29) is 11.4 Å². The minimum absolute atomic E-state index is 0.0478. The summed E-state index contributed by atoms with van der Waals surface area (Å²) in [6, 6.07) is 2.09. The highest BCUT2D eigenvalue weighted by Crippen LogP contribution is 2.28. The van der Waals surface area contributed by atoms with E-state index in [0.717, 1.165) is 12.1 Å². The smallest absolute Gasteiger partial charge is 0.191 e. The number of anilines is 1. The second-order valence-corrected chi connectivity index (χ2v) is 4.03. The normalized spacial score (nSPS) is 11.5. The Bertz CT molecular complexity index is 341. The third kappa shape index (κ3) is 2.81. The average molecular weight is 215 g/mol. The first-order chi connectivity index (χ1) is 6.85. The lowest BCUT2D eigenvalue weighted by atomic mass is 10.1. The Morgan fingerprint density at radius 2 is 1.73 bits per heavy atom. The van der Waals surface area contributed by atoms with Crippen LogP contribution in [-0.2, 0) is 0 Å². The van der Waals surface area contributed by atoms with Crippen LogP contribution in [0.5, 0.6) is 5.75 Å². The van der Waals surface area contributed by atoms with Crippen molar-refractivity contribution in [2.24, 2.45) is 0 Å². The Labute approximate surface area is 88.0 Å². The maximum Gasteiger partial charge on any atom is 0.191 e. The number of hydrogen-bond donors (Lipinski definition) is 1. The van der Waals surface area contributed by atoms with E-state index in [4.69, 9.17) is 10.5 Å². The van der Waals surface area contributed by atoms with Gasteiger partial charge in [0.05, 0.1) is 0 Å². The van der Waals surface area contributed by atoms with Gasteiger partial charge in [0.25, 0.3) is 0 Å². The van der Waals surface area contributed by atoms with E-state index in [0.29, 0.717) is 6.42 Å². The van der Waals surface area contributed by atoms with Crippen molar-refractivity contribution in [2.75, 3.05) is 5.73 Å². The molecule has 0 aromatic heterocycles. The topological polar surface area (TPSA) is 35.2 Å². The molecule has 0 bridgehead atoms. The molecular weight excluding hydrogens is 200 g/mol. The molecule has 4 heteroatoms. The maximum absolute atomic E-state index is 13.3. The fraction of sp³-hybridized carbons (Fsp3) is 0.455. The minimum atomic E-state index is -0.769. The number of ether oxygens (including phenoxy) is 1. The quantitative estimate of drug-likeness (QED) is 0.786. The molecule has 0 aliphatic rings. The van der Waals surface area contributed by atoms with E-state index in [9.17, 15) is 8.78 Å². The molecule has 84 valence electrons. The summed E-state index contributed by atoms with van der Waals surface area (Å²) >= 11 is 0. The van der Waals surface area contributed by atoms with Crippen LogP contribution in [0.15, 0.2) is 12.1 Å². The second-order valence-electron chi connectivity index (χ2n) is 4.03. The molecule has 0 radical (unpaired) electrons. The van der Waals surface area contributed by atoms with Gasteiger partial charge in [0, 0.05) is 17.8 Å². The lowest BCUT2D eigenvalue weighted by Gasteiger charge is -2.25. The molecular formula is C11H15F2NO. The number of benzene rings is 1. The van der Waals surface area contributed by atoms with Crippen LogP contribution in [0.25, 0.3) is 0 Å². The van der Waals surface area contributed by atoms with Crippen molar-refractivity contribution in [3.63, 3.8) is 0 Å². The van der Waals surface area contributed by atoms with Crippen LogP contribution in [0.3, 0.4) is 0 Å². The van der Waals surface area contributed by atoms with Gasteiger partial charge >= 0.3 is 0 Å². The van der Waals surface area contributed by atoms with Gasteiger partial charge in [0.2, 0.25) is 0 Å². The lowest BCUT2D eigenvalue weighted by Crippen LogP contribution is -2.27. The van der Waals surface area contributed by atoms with E-state index in [1.165, 1.54) is 0 Å². The van der Waals surface area contributed by atoms with E-state index in [1.807, 2.05) is 6.92 Å². The van der Waals surface area contributed by atoms with Gasteiger partial charge in [-0.15, -0.1) is 0 Å². The molecule has 1 aromatic carbocycles. The summed E-state index contributed by atoms with van der Waals surface area (Å²) in [5, 5.41) is 0. The fourth-order valence-electron chi connectivity index (χ4n) is 1.03. The van der Waals surface area contributed by atoms with Crippen LogP contribution in [0.4, 0.5) is 14.5 Å². The third-order valence-electron chi connectivity index (χ3n) is 2.25. The highest BCUT2D eigenvalue weighted by atomic mass is 19.1. The van der Waals surface area contributed by atoms with Gasteiger partial charge < -0.3 is 10.5 Å². The monoisotopic (exact) mass is 215 g/mol. The van der Waals surface area contributed by atoms with Crippen LogP contribution in [0, 0.1) is 11.6 Å². The van der Waals surface area contributed by atoms with Crippen molar-refractivity contribution in [1.29, 1.82) is 0 Å². The van der Waals surface area contributed by atoms with Crippen LogP contribution >= 0.6 is 0 Å². The summed E-state index contributed by atoms with van der Waals surface area (Å²) in [6.45, 7) is 5.41. The highest BCUT2D eigenvalue weighted by Gasteiger charge is 2.22. The summed E-state index contributed by atoms with van der Waals surface area (Å²) in [6.07, 6.45) is 0.649. The van der Waals surface area contributed by atoms with Gasteiger partial charge in [-0.3, -0.25) is 0 Å². The zero-order valence-corrected chi connectivity index (χ0v) is 9.10. The Balaban J connectivity index is 3.05. The average Bonchev–Trinajstić information content (AvgIpc) is 2.11. The standard InChI is InChI=1S/C11H15F2NO/c1-4-11(2,3)15-10-8(12)5-7(14)6-9(10)13/h5-6H,4,14H2,1-3H3. The van der Waals surface area contributed by atoms with Gasteiger partial charge in [0.1, 0.15) is 5.60 Å². The van der Waals surface area contributed by atoms with Crippen LogP contribution in [-0.4, -0.2) is 5.60 Å². The van der Waals surface area contributed by atoms with Gasteiger partial charge in [-0.05, 0) is 20.3 Å². The van der Waals surface area contributed by atoms with Crippen molar-refractivity contribution in [3.05, 3.63) is 23.8 Å². The predicted molar refractivity (Wildman–Crippen MR) is 55.8 cm³/mol. The van der Waals surface area contributed by atoms with Crippen molar-refractivity contribution in [3.8, 4) is 5.75 Å². The van der Waals surface area contributed by atoms with Gasteiger partial charge in [0.15, 0.2) is 17.4 Å². The molecule has 0 fully saturated rings. The second kappa shape index (κ2) is 4.04. The summed E-state index contributed by atoms with van der Waals surface area (Å²) < 4.78 is 31.9. The predicted octanol–water partition coefficient (Wildman–Crippen LogP) is 3.11. The van der Waals surface area contributed by atoms with Gasteiger partial charge in [-0.2, -0.15) is 0 Å². The SMILES string of the molecule is CCC(C)(C)Oc1c(F)cc(N)cc1F. The highest BCUT2D eigenvalue weighted by molar-refractivity contribution is 5.44. The first-order valence-corrected chi connectivity index (χ1v) is 4.79. The third-order valence-corrected chi connectivity index (χ3v) is 2.25. The van der Waals surface area contributed by atoms with Crippen LogP contribution in [0.1, 0.15) is 27.2 Å². The number of nitrogens with two attached hydrogens (primary N) is 1. The molecule has 0 spiro atoms. The maximum atomic E-state index is 13.3. The summed E-state index contributed by atoms with van der Waals surface area (Å²) in [5.41, 5.74) is 4.74. The molecule has 0 unspecified atom stereocenters. The molecule has 2 nitrogen and oxygen atoms in total. The van der Waals surface area contributed by atoms with Gasteiger partial charge in [-0.25, -0.2) is 8.78 Å². The van der Waals surface area contributed by atoms with Crippen molar-refractivity contribution in [1.82, 2.24) is 0 Å². The van der Waals surface area contributed by atoms with E-state index >= 15 is 0 Å². The molecule has 0 amide bonds. The first kappa shape index (κ1) is 11.8. The first-order valence-electron chi connectivity index (χ1n) is 4.79. The van der Waals surface area contributed by atoms with E-state index < -0.39 is 17.2 Å². The molecule has 0 saturated heterocycles. The molecule has 0 atom stereocenters. The molecule has 0 aliphatic carbocycles. The molecule has 0 aliphatic heterocycles. The molecule has 0 heterocycles. The van der Waals surface area contributed by atoms with Gasteiger partial charge in [-0.1, -0.05) is 6.92 Å². The minimum Gasteiger partial charge on any atom is -0.482 e. The number of hydrogen-bond acceptors (Lipinski definition) is 2. The molecule has 1 aromatic rings. The number of rotatable bonds is 3. The fourth-order valence-corrected chi connectivity index (χ4v) is 1.03. The van der Waals surface area contributed by atoms with Crippen molar-refractivity contribution >= 4 is 5.69 Å². The summed E-state index contributed by atoms with van der Waals surface area (Å²) in [5.74, 6) is -1.90. The number of halogens is 2. The largest absolute Gasteiger partial charge is 0.482 e. The van der Waals surface area contributed by atoms with E-state index in [2.05, 4.69) is 0 Å². The van der Waals surface area contributed by atoms with Crippen LogP contribution < -0.4 is 10.5 Å². The molecule has 1 rings (SSSR count). The zero-order chi connectivity index (χ0) is 11.6. The van der Waals surface area contributed by atoms with Crippen molar-refractivity contribution in [2.45, 2.75) is 32.8 Å². The Morgan fingerprint density at radius 3 is 2.13 bits per heavy atom. The molecule has 2 N–H and O–H groups in total. The summed E-state index contributed by atoms with van der Waals surface area (Å²) in [4.78, 5) is 0. The molecule has 15 heavy (non-hydrogen) atoms. The Kier molecular flexibility index (Phi) is 3.17.